The molecule has 0 aliphatic carbocycles. The summed E-state index contributed by atoms with van der Waals surface area (Å²) in [5.41, 5.74) is 6.50. The monoisotopic (exact) mass is 262 g/mol. The van der Waals surface area contributed by atoms with Crippen LogP contribution in [0.1, 0.15) is 18.6 Å². The lowest BCUT2D eigenvalue weighted by Crippen LogP contribution is -2.37. The lowest BCUT2D eigenvalue weighted by atomic mass is 10.1. The van der Waals surface area contributed by atoms with E-state index in [9.17, 15) is 18.3 Å². The molecule has 1 unspecified atom stereocenters. The number of benzene rings is 1. The highest BCUT2D eigenvalue weighted by molar-refractivity contribution is 5.47. The number of nitrogens with two attached hydrogens (primary N) is 1. The summed E-state index contributed by atoms with van der Waals surface area (Å²) in [5.74, 6) is 0. The second-order valence-corrected chi connectivity index (χ2v) is 4.09. The molecule has 1 aromatic carbocycles. The van der Waals surface area contributed by atoms with E-state index in [0.717, 1.165) is 4.90 Å². The minimum Gasteiger partial charge on any atom is -0.398 e. The molecule has 0 saturated heterocycles. The van der Waals surface area contributed by atoms with Crippen molar-refractivity contribution in [2.45, 2.75) is 19.2 Å². The zero-order valence-electron chi connectivity index (χ0n) is 10.1. The Labute approximate surface area is 104 Å². The Morgan fingerprint density at radius 3 is 2.44 bits per heavy atom. The predicted octanol–water partition coefficient (Wildman–Crippen LogP) is 2.19. The molecule has 0 spiro atoms. The van der Waals surface area contributed by atoms with Crippen LogP contribution in [0, 0.1) is 0 Å². The molecule has 1 rings (SSSR count). The predicted molar refractivity (Wildman–Crippen MR) is 64.0 cm³/mol. The van der Waals surface area contributed by atoms with Crippen LogP contribution in [0.2, 0.25) is 0 Å². The van der Waals surface area contributed by atoms with Crippen molar-refractivity contribution in [3.05, 3.63) is 29.8 Å². The number of anilines is 1. The second kappa shape index (κ2) is 6.06. The summed E-state index contributed by atoms with van der Waals surface area (Å²) in [6.45, 7) is 0.702. The van der Waals surface area contributed by atoms with Gasteiger partial charge in [-0.2, -0.15) is 13.2 Å². The molecule has 0 aromatic heterocycles. The number of aliphatic hydroxyl groups excluding tert-OH is 1. The van der Waals surface area contributed by atoms with Crippen molar-refractivity contribution in [1.29, 1.82) is 0 Å². The van der Waals surface area contributed by atoms with E-state index in [0.29, 0.717) is 11.3 Å². The maximum atomic E-state index is 12.3. The van der Waals surface area contributed by atoms with Crippen molar-refractivity contribution < 1.29 is 18.3 Å². The van der Waals surface area contributed by atoms with E-state index < -0.39 is 18.8 Å². The van der Waals surface area contributed by atoms with Crippen LogP contribution in [0.25, 0.3) is 0 Å². The van der Waals surface area contributed by atoms with E-state index in [4.69, 9.17) is 5.73 Å². The number of hydrogen-bond donors (Lipinski definition) is 2. The molecule has 0 aliphatic heterocycles. The van der Waals surface area contributed by atoms with Crippen molar-refractivity contribution in [3.8, 4) is 0 Å². The van der Waals surface area contributed by atoms with Crippen LogP contribution in [-0.4, -0.2) is 35.8 Å². The van der Waals surface area contributed by atoms with Crippen molar-refractivity contribution in [3.63, 3.8) is 0 Å². The van der Waals surface area contributed by atoms with Crippen molar-refractivity contribution in [2.75, 3.05) is 25.4 Å². The first-order valence-electron chi connectivity index (χ1n) is 5.65. The molecule has 0 radical (unpaired) electrons. The van der Waals surface area contributed by atoms with Crippen LogP contribution in [-0.2, 0) is 0 Å². The number of rotatable bonds is 5. The van der Waals surface area contributed by atoms with Crippen LogP contribution >= 0.6 is 0 Å². The average Bonchev–Trinajstić information content (AvgIpc) is 2.26. The quantitative estimate of drug-likeness (QED) is 0.800. The van der Waals surface area contributed by atoms with Gasteiger partial charge in [0.05, 0.1) is 12.6 Å². The lowest BCUT2D eigenvalue weighted by Gasteiger charge is -2.25. The molecular weight excluding hydrogens is 245 g/mol. The SMILES string of the molecule is CCN(CC(O)c1ccccc1N)CC(F)(F)F. The lowest BCUT2D eigenvalue weighted by molar-refractivity contribution is -0.148. The number of alkyl halides is 3. The summed E-state index contributed by atoms with van der Waals surface area (Å²) in [6, 6.07) is 6.62. The standard InChI is InChI=1S/C12H17F3N2O/c1-2-17(8-12(13,14)15)7-11(18)9-5-3-4-6-10(9)16/h3-6,11,18H,2,7-8,16H2,1H3. The molecule has 0 fully saturated rings. The first kappa shape index (κ1) is 14.8. The molecule has 3 nitrogen and oxygen atoms in total. The third kappa shape index (κ3) is 4.54. The summed E-state index contributed by atoms with van der Waals surface area (Å²) in [4.78, 5) is 1.14. The van der Waals surface area contributed by atoms with Gasteiger partial charge >= 0.3 is 6.18 Å². The molecular formula is C12H17F3N2O. The molecule has 0 aliphatic rings. The number of likely N-dealkylation sites (N-methyl/N-ethyl adjacent to an activating group) is 1. The van der Waals surface area contributed by atoms with Gasteiger partial charge in [0.1, 0.15) is 0 Å². The van der Waals surface area contributed by atoms with Gasteiger partial charge in [-0.1, -0.05) is 25.1 Å². The Morgan fingerprint density at radius 2 is 1.94 bits per heavy atom. The fourth-order valence-corrected chi connectivity index (χ4v) is 1.72. The van der Waals surface area contributed by atoms with Gasteiger partial charge in [0, 0.05) is 17.8 Å². The smallest absolute Gasteiger partial charge is 0.398 e. The minimum atomic E-state index is -4.27. The minimum absolute atomic E-state index is 0.0930. The molecule has 0 heterocycles. The molecule has 18 heavy (non-hydrogen) atoms. The Bertz CT molecular complexity index is 382. The van der Waals surface area contributed by atoms with Gasteiger partial charge in [-0.15, -0.1) is 0 Å². The summed E-state index contributed by atoms with van der Waals surface area (Å²) < 4.78 is 36.8. The number of halogens is 3. The van der Waals surface area contributed by atoms with Crippen LogP contribution in [0.5, 0.6) is 0 Å². The number of nitrogens with zero attached hydrogens (tertiary/aromatic N) is 1. The van der Waals surface area contributed by atoms with E-state index in [2.05, 4.69) is 0 Å². The third-order valence-electron chi connectivity index (χ3n) is 2.64. The largest absolute Gasteiger partial charge is 0.401 e. The first-order valence-corrected chi connectivity index (χ1v) is 5.65. The second-order valence-electron chi connectivity index (χ2n) is 4.09. The van der Waals surface area contributed by atoms with Crippen LogP contribution in [0.4, 0.5) is 18.9 Å². The molecule has 3 N–H and O–H groups in total. The van der Waals surface area contributed by atoms with Crippen LogP contribution in [0.3, 0.4) is 0 Å². The van der Waals surface area contributed by atoms with Crippen molar-refractivity contribution in [1.82, 2.24) is 4.90 Å². The van der Waals surface area contributed by atoms with Gasteiger partial charge in [-0.3, -0.25) is 4.90 Å². The number of para-hydroxylation sites is 1. The molecule has 1 atom stereocenters. The Kier molecular flexibility index (Phi) is 4.98. The van der Waals surface area contributed by atoms with E-state index in [1.807, 2.05) is 0 Å². The normalized spacial score (nSPS) is 13.9. The fourth-order valence-electron chi connectivity index (χ4n) is 1.72. The van der Waals surface area contributed by atoms with Gasteiger partial charge in [-0.05, 0) is 12.6 Å². The van der Waals surface area contributed by atoms with Gasteiger partial charge < -0.3 is 10.8 Å². The first-order chi connectivity index (χ1) is 8.33. The van der Waals surface area contributed by atoms with Crippen LogP contribution < -0.4 is 5.73 Å². The highest BCUT2D eigenvalue weighted by atomic mass is 19.4. The molecule has 0 bridgehead atoms. The van der Waals surface area contributed by atoms with E-state index in [-0.39, 0.29) is 13.1 Å². The summed E-state index contributed by atoms with van der Waals surface area (Å²) in [5, 5.41) is 9.91. The Morgan fingerprint density at radius 1 is 1.33 bits per heavy atom. The highest BCUT2D eigenvalue weighted by Crippen LogP contribution is 2.23. The number of hydrogen-bond acceptors (Lipinski definition) is 3. The molecule has 0 amide bonds. The highest BCUT2D eigenvalue weighted by Gasteiger charge is 2.31. The fraction of sp³-hybridized carbons (Fsp3) is 0.500. The molecule has 102 valence electrons. The third-order valence-corrected chi connectivity index (χ3v) is 2.64. The van der Waals surface area contributed by atoms with E-state index in [1.165, 1.54) is 0 Å². The van der Waals surface area contributed by atoms with Crippen molar-refractivity contribution >= 4 is 5.69 Å². The maximum Gasteiger partial charge on any atom is 0.401 e. The summed E-state index contributed by atoms with van der Waals surface area (Å²) in [7, 11) is 0. The van der Waals surface area contributed by atoms with Gasteiger partial charge in [-0.25, -0.2) is 0 Å². The Balaban J connectivity index is 2.68. The van der Waals surface area contributed by atoms with Gasteiger partial charge in [0.15, 0.2) is 0 Å². The average molecular weight is 262 g/mol. The van der Waals surface area contributed by atoms with E-state index >= 15 is 0 Å². The van der Waals surface area contributed by atoms with E-state index in [1.54, 1.807) is 31.2 Å². The molecule has 6 heteroatoms. The number of nitrogen functional groups attached to an aromatic ring is 1. The zero-order chi connectivity index (χ0) is 13.8. The topological polar surface area (TPSA) is 49.5 Å². The zero-order valence-corrected chi connectivity index (χ0v) is 10.1. The van der Waals surface area contributed by atoms with Gasteiger partial charge in [0.2, 0.25) is 0 Å². The van der Waals surface area contributed by atoms with Crippen molar-refractivity contribution in [2.24, 2.45) is 0 Å². The van der Waals surface area contributed by atoms with Gasteiger partial charge in [0.25, 0.3) is 0 Å². The van der Waals surface area contributed by atoms with Crippen LogP contribution in [0.15, 0.2) is 24.3 Å². The molecule has 0 saturated carbocycles. The Hall–Kier alpha value is -1.27. The maximum absolute atomic E-state index is 12.3. The summed E-state index contributed by atoms with van der Waals surface area (Å²) >= 11 is 0. The summed E-state index contributed by atoms with van der Waals surface area (Å²) in [6.07, 6.45) is -5.29. The number of aliphatic hydroxyl groups is 1. The molecule has 1 aromatic rings.